The third-order valence-electron chi connectivity index (χ3n) is 4.62. The molecule has 1 N–H and O–H groups in total. The fraction of sp³-hybridized carbons (Fsp3) is 0.182. The number of rotatable bonds is 5. The highest BCUT2D eigenvalue weighted by molar-refractivity contribution is 5.86. The largest absolute Gasteiger partial charge is 0.419 e. The van der Waals surface area contributed by atoms with Crippen molar-refractivity contribution >= 4 is 10.8 Å². The number of aromatic nitrogens is 2. The van der Waals surface area contributed by atoms with Crippen molar-refractivity contribution in [2.45, 2.75) is 25.9 Å². The molecule has 4 nitrogen and oxygen atoms in total. The van der Waals surface area contributed by atoms with Gasteiger partial charge < -0.3 is 4.42 Å². The van der Waals surface area contributed by atoms with Crippen LogP contribution < -0.4 is 5.32 Å². The Morgan fingerprint density at radius 3 is 2.35 bits per heavy atom. The lowest BCUT2D eigenvalue weighted by Gasteiger charge is -2.19. The minimum Gasteiger partial charge on any atom is -0.419 e. The maximum Gasteiger partial charge on any atom is 0.247 e. The first-order valence-electron chi connectivity index (χ1n) is 8.85. The van der Waals surface area contributed by atoms with Gasteiger partial charge in [-0.25, -0.2) is 0 Å². The second kappa shape index (κ2) is 7.10. The van der Waals surface area contributed by atoms with Crippen LogP contribution in [0.4, 0.5) is 0 Å². The number of benzene rings is 3. The second-order valence-electron chi connectivity index (χ2n) is 6.49. The molecular formula is C22H21N3O. The van der Waals surface area contributed by atoms with E-state index in [2.05, 4.69) is 64.9 Å². The van der Waals surface area contributed by atoms with Gasteiger partial charge in [0.1, 0.15) is 0 Å². The van der Waals surface area contributed by atoms with Gasteiger partial charge in [-0.15, -0.1) is 10.2 Å². The molecule has 2 atom stereocenters. The van der Waals surface area contributed by atoms with Crippen LogP contribution in [-0.2, 0) is 0 Å². The molecule has 1 heterocycles. The predicted molar refractivity (Wildman–Crippen MR) is 104 cm³/mol. The molecule has 0 aliphatic rings. The van der Waals surface area contributed by atoms with Gasteiger partial charge >= 0.3 is 0 Å². The van der Waals surface area contributed by atoms with Gasteiger partial charge in [0.2, 0.25) is 11.8 Å². The minimum absolute atomic E-state index is 0.0473. The normalized spacial score (nSPS) is 13.6. The SMILES string of the molecule is CC(NC(C)c1cccc2ccccc12)c1nnc(-c2ccccc2)o1. The lowest BCUT2D eigenvalue weighted by Crippen LogP contribution is -2.23. The van der Waals surface area contributed by atoms with Gasteiger partial charge in [0.25, 0.3) is 0 Å². The number of hydrogen-bond acceptors (Lipinski definition) is 4. The summed E-state index contributed by atoms with van der Waals surface area (Å²) in [5.41, 5.74) is 2.19. The van der Waals surface area contributed by atoms with Crippen molar-refractivity contribution in [3.8, 4) is 11.5 Å². The van der Waals surface area contributed by atoms with Crippen molar-refractivity contribution in [1.29, 1.82) is 0 Å². The molecule has 26 heavy (non-hydrogen) atoms. The lowest BCUT2D eigenvalue weighted by atomic mass is 9.99. The molecular weight excluding hydrogens is 322 g/mol. The molecule has 0 amide bonds. The first-order chi connectivity index (χ1) is 12.7. The molecule has 130 valence electrons. The van der Waals surface area contributed by atoms with Gasteiger partial charge in [-0.2, -0.15) is 0 Å². The zero-order valence-electron chi connectivity index (χ0n) is 14.9. The van der Waals surface area contributed by atoms with Crippen molar-refractivity contribution in [2.75, 3.05) is 0 Å². The topological polar surface area (TPSA) is 51.0 Å². The van der Waals surface area contributed by atoms with Crippen molar-refractivity contribution in [3.63, 3.8) is 0 Å². The highest BCUT2D eigenvalue weighted by Gasteiger charge is 2.18. The molecule has 0 radical (unpaired) electrons. The van der Waals surface area contributed by atoms with E-state index in [-0.39, 0.29) is 12.1 Å². The van der Waals surface area contributed by atoms with Gasteiger partial charge in [-0.3, -0.25) is 5.32 Å². The van der Waals surface area contributed by atoms with Crippen LogP contribution in [0.25, 0.3) is 22.2 Å². The number of nitrogens with zero attached hydrogens (tertiary/aromatic N) is 2. The maximum atomic E-state index is 5.87. The Hall–Kier alpha value is -2.98. The third-order valence-corrected chi connectivity index (χ3v) is 4.62. The maximum absolute atomic E-state index is 5.87. The second-order valence-corrected chi connectivity index (χ2v) is 6.49. The van der Waals surface area contributed by atoms with E-state index in [0.29, 0.717) is 11.8 Å². The van der Waals surface area contributed by atoms with E-state index in [1.54, 1.807) is 0 Å². The molecule has 2 unspecified atom stereocenters. The van der Waals surface area contributed by atoms with Crippen LogP contribution in [0.15, 0.2) is 77.2 Å². The summed E-state index contributed by atoms with van der Waals surface area (Å²) in [6, 6.07) is 24.8. The van der Waals surface area contributed by atoms with Crippen LogP contribution in [0.1, 0.15) is 37.4 Å². The first kappa shape index (κ1) is 16.5. The molecule has 0 aliphatic heterocycles. The van der Waals surface area contributed by atoms with Gasteiger partial charge in [0.05, 0.1) is 6.04 Å². The van der Waals surface area contributed by atoms with Crippen LogP contribution in [-0.4, -0.2) is 10.2 Å². The van der Waals surface area contributed by atoms with E-state index in [4.69, 9.17) is 4.42 Å². The van der Waals surface area contributed by atoms with E-state index >= 15 is 0 Å². The molecule has 4 heteroatoms. The Labute approximate surface area is 152 Å². The molecule has 0 saturated carbocycles. The van der Waals surface area contributed by atoms with E-state index in [0.717, 1.165) is 5.56 Å². The Bertz CT molecular complexity index is 1000. The number of hydrogen-bond donors (Lipinski definition) is 1. The molecule has 0 aliphatic carbocycles. The molecule has 0 fully saturated rings. The van der Waals surface area contributed by atoms with Crippen LogP contribution in [0, 0.1) is 0 Å². The zero-order valence-corrected chi connectivity index (χ0v) is 14.9. The van der Waals surface area contributed by atoms with E-state index in [1.807, 2.05) is 37.3 Å². The minimum atomic E-state index is -0.0473. The summed E-state index contributed by atoms with van der Waals surface area (Å²) in [6.07, 6.45) is 0. The monoisotopic (exact) mass is 343 g/mol. The fourth-order valence-corrected chi connectivity index (χ4v) is 3.27. The van der Waals surface area contributed by atoms with Gasteiger partial charge in [-0.05, 0) is 42.3 Å². The zero-order chi connectivity index (χ0) is 17.9. The summed E-state index contributed by atoms with van der Waals surface area (Å²) in [4.78, 5) is 0. The molecule has 0 bridgehead atoms. The Kier molecular flexibility index (Phi) is 4.50. The van der Waals surface area contributed by atoms with Gasteiger partial charge in [0.15, 0.2) is 0 Å². The predicted octanol–water partition coefficient (Wildman–Crippen LogP) is 5.30. The molecule has 4 rings (SSSR count). The Morgan fingerprint density at radius 2 is 1.50 bits per heavy atom. The van der Waals surface area contributed by atoms with E-state index < -0.39 is 0 Å². The van der Waals surface area contributed by atoms with Crippen molar-refractivity contribution < 1.29 is 4.42 Å². The summed E-state index contributed by atoms with van der Waals surface area (Å²) in [5, 5.41) is 14.5. The Morgan fingerprint density at radius 1 is 0.769 bits per heavy atom. The van der Waals surface area contributed by atoms with Crippen molar-refractivity contribution in [2.24, 2.45) is 0 Å². The van der Waals surface area contributed by atoms with E-state index in [1.165, 1.54) is 16.3 Å². The molecule has 0 saturated heterocycles. The first-order valence-corrected chi connectivity index (χ1v) is 8.85. The molecule has 1 aromatic heterocycles. The quantitative estimate of drug-likeness (QED) is 0.534. The third kappa shape index (κ3) is 3.24. The molecule has 0 spiro atoms. The lowest BCUT2D eigenvalue weighted by molar-refractivity contribution is 0.395. The van der Waals surface area contributed by atoms with Crippen LogP contribution in [0.3, 0.4) is 0 Å². The van der Waals surface area contributed by atoms with Gasteiger partial charge in [-0.1, -0.05) is 60.7 Å². The summed E-state index contributed by atoms with van der Waals surface area (Å²) < 4.78 is 5.87. The average molecular weight is 343 g/mol. The molecule has 4 aromatic rings. The summed E-state index contributed by atoms with van der Waals surface area (Å²) in [5.74, 6) is 1.14. The summed E-state index contributed by atoms with van der Waals surface area (Å²) >= 11 is 0. The fourth-order valence-electron chi connectivity index (χ4n) is 3.27. The average Bonchev–Trinajstić information content (AvgIpc) is 3.18. The highest BCUT2D eigenvalue weighted by atomic mass is 16.4. The number of fused-ring (bicyclic) bond motifs is 1. The Balaban J connectivity index is 1.54. The smallest absolute Gasteiger partial charge is 0.247 e. The standard InChI is InChI=1S/C22H21N3O/c1-15(19-14-8-12-17-9-6-7-13-20(17)19)23-16(2)21-24-25-22(26-21)18-10-4-3-5-11-18/h3-16,23H,1-2H3. The van der Waals surface area contributed by atoms with E-state index in [9.17, 15) is 0 Å². The van der Waals surface area contributed by atoms with Crippen LogP contribution >= 0.6 is 0 Å². The van der Waals surface area contributed by atoms with Crippen LogP contribution in [0.5, 0.6) is 0 Å². The number of nitrogens with one attached hydrogen (secondary N) is 1. The summed E-state index contributed by atoms with van der Waals surface area (Å²) in [6.45, 7) is 4.21. The van der Waals surface area contributed by atoms with Crippen molar-refractivity contribution in [1.82, 2.24) is 15.5 Å². The summed E-state index contributed by atoms with van der Waals surface area (Å²) in [7, 11) is 0. The molecule has 3 aromatic carbocycles. The highest BCUT2D eigenvalue weighted by Crippen LogP contribution is 2.27. The van der Waals surface area contributed by atoms with Crippen molar-refractivity contribution in [3.05, 3.63) is 84.3 Å². The van der Waals surface area contributed by atoms with Gasteiger partial charge in [0, 0.05) is 11.6 Å². The van der Waals surface area contributed by atoms with Crippen LogP contribution in [0.2, 0.25) is 0 Å².